The average molecular weight is 413 g/mol. The Hall–Kier alpha value is -2.93. The highest BCUT2D eigenvalue weighted by Gasteiger charge is 2.11. The Kier molecular flexibility index (Phi) is 6.17. The van der Waals surface area contributed by atoms with Crippen LogP contribution in [0.2, 0.25) is 0 Å². The van der Waals surface area contributed by atoms with Crippen LogP contribution in [0.25, 0.3) is 11.4 Å². The van der Waals surface area contributed by atoms with E-state index in [4.69, 9.17) is 9.47 Å². The number of benzene rings is 2. The predicted molar refractivity (Wildman–Crippen MR) is 112 cm³/mol. The minimum atomic E-state index is -3.25. The molecular formula is C22H24N2O4S. The van der Waals surface area contributed by atoms with Gasteiger partial charge in [0.2, 0.25) is 0 Å². The van der Waals surface area contributed by atoms with E-state index in [-0.39, 0.29) is 11.0 Å². The zero-order chi connectivity index (χ0) is 21.0. The first kappa shape index (κ1) is 20.8. The Morgan fingerprint density at radius 3 is 2.10 bits per heavy atom. The van der Waals surface area contributed by atoms with Gasteiger partial charge in [0.1, 0.15) is 17.2 Å². The van der Waals surface area contributed by atoms with E-state index in [1.165, 1.54) is 18.4 Å². The summed E-state index contributed by atoms with van der Waals surface area (Å²) in [6.07, 6.45) is 5.65. The maximum absolute atomic E-state index is 11.6. The third kappa shape index (κ3) is 5.54. The normalized spacial score (nSPS) is 11.5. The first-order valence-electron chi connectivity index (χ1n) is 9.35. The minimum Gasteiger partial charge on any atom is -0.491 e. The summed E-state index contributed by atoms with van der Waals surface area (Å²) < 4.78 is 35.0. The van der Waals surface area contributed by atoms with Crippen LogP contribution < -0.4 is 9.47 Å². The largest absolute Gasteiger partial charge is 0.491 e. The molecule has 0 fully saturated rings. The number of aryl methyl sites for hydroxylation is 1. The second kappa shape index (κ2) is 8.61. The van der Waals surface area contributed by atoms with Gasteiger partial charge in [-0.1, -0.05) is 6.92 Å². The van der Waals surface area contributed by atoms with E-state index in [0.717, 1.165) is 17.5 Å². The Morgan fingerprint density at radius 2 is 1.55 bits per heavy atom. The summed E-state index contributed by atoms with van der Waals surface area (Å²) in [4.78, 5) is 9.12. The molecule has 3 aromatic rings. The molecule has 152 valence electrons. The molecule has 0 unspecified atom stereocenters. The van der Waals surface area contributed by atoms with Crippen LogP contribution in [0.15, 0.2) is 59.8 Å². The number of hydrogen-bond donors (Lipinski definition) is 0. The topological polar surface area (TPSA) is 78.4 Å². The molecule has 0 aliphatic carbocycles. The molecule has 2 aromatic carbocycles. The lowest BCUT2D eigenvalue weighted by Crippen LogP contribution is -2.06. The van der Waals surface area contributed by atoms with Crippen molar-refractivity contribution in [3.05, 3.63) is 60.4 Å². The predicted octanol–water partition coefficient (Wildman–Crippen LogP) is 4.69. The third-order valence-corrected chi connectivity index (χ3v) is 5.24. The van der Waals surface area contributed by atoms with Crippen molar-refractivity contribution in [1.29, 1.82) is 0 Å². The number of ether oxygens (including phenoxy) is 2. The van der Waals surface area contributed by atoms with Gasteiger partial charge in [0.25, 0.3) is 0 Å². The van der Waals surface area contributed by atoms with Crippen LogP contribution in [0.3, 0.4) is 0 Å². The van der Waals surface area contributed by atoms with Crippen molar-refractivity contribution in [3.8, 4) is 28.6 Å². The number of aromatic nitrogens is 2. The van der Waals surface area contributed by atoms with Gasteiger partial charge in [-0.2, -0.15) is 0 Å². The first-order chi connectivity index (χ1) is 13.7. The van der Waals surface area contributed by atoms with Gasteiger partial charge in [-0.25, -0.2) is 18.4 Å². The molecule has 0 radical (unpaired) electrons. The molecule has 3 rings (SSSR count). The molecule has 1 heterocycles. The number of sulfone groups is 1. The fourth-order valence-electron chi connectivity index (χ4n) is 2.68. The number of nitrogens with zero attached hydrogens (tertiary/aromatic N) is 2. The summed E-state index contributed by atoms with van der Waals surface area (Å²) in [6, 6.07) is 11.8. The summed E-state index contributed by atoms with van der Waals surface area (Å²) in [5.74, 6) is 2.29. The van der Waals surface area contributed by atoms with Crippen molar-refractivity contribution in [2.75, 3.05) is 6.26 Å². The Labute approximate surface area is 171 Å². The van der Waals surface area contributed by atoms with E-state index in [0.29, 0.717) is 23.1 Å². The summed E-state index contributed by atoms with van der Waals surface area (Å²) in [7, 11) is -3.25. The van der Waals surface area contributed by atoms with Gasteiger partial charge < -0.3 is 9.47 Å². The van der Waals surface area contributed by atoms with Gasteiger partial charge in [0, 0.05) is 30.3 Å². The average Bonchev–Trinajstić information content (AvgIpc) is 2.67. The van der Waals surface area contributed by atoms with Crippen LogP contribution in [0.5, 0.6) is 17.2 Å². The van der Waals surface area contributed by atoms with Crippen molar-refractivity contribution in [1.82, 2.24) is 9.97 Å². The van der Waals surface area contributed by atoms with Gasteiger partial charge in [-0.05, 0) is 62.2 Å². The minimum absolute atomic E-state index is 0.00414. The van der Waals surface area contributed by atoms with E-state index in [9.17, 15) is 8.42 Å². The van der Waals surface area contributed by atoms with Crippen molar-refractivity contribution in [3.63, 3.8) is 0 Å². The SMILES string of the molecule is CCc1cnc(-c2cc(Oc3ccc(S(C)(=O)=O)cc3)cc(OC(C)C)c2)nc1. The van der Waals surface area contributed by atoms with Crippen LogP contribution in [0.1, 0.15) is 26.3 Å². The van der Waals surface area contributed by atoms with E-state index < -0.39 is 9.84 Å². The molecule has 0 bridgehead atoms. The van der Waals surface area contributed by atoms with E-state index in [1.54, 1.807) is 18.2 Å². The standard InChI is InChI=1S/C22H24N2O4S/c1-5-16-13-23-22(24-14-16)17-10-19(27-15(2)3)12-20(11-17)28-18-6-8-21(9-7-18)29(4,25)26/h6-15H,5H2,1-4H3. The molecule has 1 aromatic heterocycles. The van der Waals surface area contributed by atoms with Crippen LogP contribution in [-0.4, -0.2) is 30.7 Å². The van der Waals surface area contributed by atoms with E-state index in [1.807, 2.05) is 38.4 Å². The van der Waals surface area contributed by atoms with Crippen molar-refractivity contribution >= 4 is 9.84 Å². The molecular weight excluding hydrogens is 388 g/mol. The third-order valence-electron chi connectivity index (χ3n) is 4.11. The summed E-state index contributed by atoms with van der Waals surface area (Å²) >= 11 is 0. The highest BCUT2D eigenvalue weighted by molar-refractivity contribution is 7.90. The summed E-state index contributed by atoms with van der Waals surface area (Å²) in [6.45, 7) is 5.95. The van der Waals surface area contributed by atoms with E-state index >= 15 is 0 Å². The molecule has 0 saturated heterocycles. The van der Waals surface area contributed by atoms with Crippen molar-refractivity contribution in [2.24, 2.45) is 0 Å². The fraction of sp³-hybridized carbons (Fsp3) is 0.273. The van der Waals surface area contributed by atoms with Crippen LogP contribution in [0, 0.1) is 0 Å². The maximum Gasteiger partial charge on any atom is 0.175 e. The summed E-state index contributed by atoms with van der Waals surface area (Å²) in [5, 5.41) is 0. The van der Waals surface area contributed by atoms with Gasteiger partial charge >= 0.3 is 0 Å². The van der Waals surface area contributed by atoms with Gasteiger partial charge in [0.15, 0.2) is 15.7 Å². The summed E-state index contributed by atoms with van der Waals surface area (Å²) in [5.41, 5.74) is 1.83. The first-order valence-corrected chi connectivity index (χ1v) is 11.2. The lowest BCUT2D eigenvalue weighted by molar-refractivity contribution is 0.241. The van der Waals surface area contributed by atoms with Crippen molar-refractivity contribution < 1.29 is 17.9 Å². The van der Waals surface area contributed by atoms with Gasteiger partial charge in [0.05, 0.1) is 11.0 Å². The zero-order valence-corrected chi connectivity index (χ0v) is 17.7. The Balaban J connectivity index is 1.94. The molecule has 0 spiro atoms. The van der Waals surface area contributed by atoms with Crippen LogP contribution >= 0.6 is 0 Å². The molecule has 7 heteroatoms. The lowest BCUT2D eigenvalue weighted by atomic mass is 10.1. The monoisotopic (exact) mass is 412 g/mol. The highest BCUT2D eigenvalue weighted by atomic mass is 32.2. The van der Waals surface area contributed by atoms with Gasteiger partial charge in [-0.3, -0.25) is 0 Å². The smallest absolute Gasteiger partial charge is 0.175 e. The number of rotatable bonds is 7. The quantitative estimate of drug-likeness (QED) is 0.560. The van der Waals surface area contributed by atoms with Crippen LogP contribution in [0.4, 0.5) is 0 Å². The number of hydrogen-bond acceptors (Lipinski definition) is 6. The second-order valence-corrected chi connectivity index (χ2v) is 8.99. The van der Waals surface area contributed by atoms with E-state index in [2.05, 4.69) is 16.9 Å². The fourth-order valence-corrected chi connectivity index (χ4v) is 3.31. The molecule has 0 amide bonds. The molecule has 0 atom stereocenters. The second-order valence-electron chi connectivity index (χ2n) is 6.97. The van der Waals surface area contributed by atoms with Crippen molar-refractivity contribution in [2.45, 2.75) is 38.2 Å². The van der Waals surface area contributed by atoms with Crippen LogP contribution in [-0.2, 0) is 16.3 Å². The Bertz CT molecular complexity index is 1080. The molecule has 29 heavy (non-hydrogen) atoms. The molecule has 0 N–H and O–H groups in total. The maximum atomic E-state index is 11.6. The lowest BCUT2D eigenvalue weighted by Gasteiger charge is -2.14. The van der Waals surface area contributed by atoms with Gasteiger partial charge in [-0.15, -0.1) is 0 Å². The molecule has 6 nitrogen and oxygen atoms in total. The highest BCUT2D eigenvalue weighted by Crippen LogP contribution is 2.32. The zero-order valence-electron chi connectivity index (χ0n) is 16.9. The molecule has 0 aliphatic heterocycles. The molecule has 0 aliphatic rings. The Morgan fingerprint density at radius 1 is 0.931 bits per heavy atom. The molecule has 0 saturated carbocycles.